The van der Waals surface area contributed by atoms with Gasteiger partial charge in [-0.3, -0.25) is 15.1 Å². The highest BCUT2D eigenvalue weighted by molar-refractivity contribution is 5.78. The van der Waals surface area contributed by atoms with Crippen molar-refractivity contribution in [1.29, 1.82) is 0 Å². The molecule has 0 aliphatic rings. The van der Waals surface area contributed by atoms with Gasteiger partial charge in [0.05, 0.1) is 16.8 Å². The molecule has 0 aliphatic carbocycles. The van der Waals surface area contributed by atoms with Crippen LogP contribution in [-0.4, -0.2) is 11.1 Å². The van der Waals surface area contributed by atoms with E-state index in [0.717, 1.165) is 17.9 Å². The van der Waals surface area contributed by atoms with E-state index < -0.39 is 16.4 Å². The summed E-state index contributed by atoms with van der Waals surface area (Å²) >= 11 is 0. The largest absolute Gasteiger partial charge is 0.460 e. The Labute approximate surface area is 102 Å². The van der Waals surface area contributed by atoms with E-state index in [1.807, 2.05) is 0 Å². The summed E-state index contributed by atoms with van der Waals surface area (Å²) in [7, 11) is 0. The highest BCUT2D eigenvalue weighted by Crippen LogP contribution is 2.23. The standard InChI is InChI=1S/C12H9FN2O3/c1-8-2-4-10(18-8)7-14-9-3-5-11(13)12(6-9)15(16)17/h2-7H,1H3. The molecule has 0 amide bonds. The van der Waals surface area contributed by atoms with Gasteiger partial charge in [-0.1, -0.05) is 0 Å². The van der Waals surface area contributed by atoms with E-state index in [0.29, 0.717) is 5.76 Å². The highest BCUT2D eigenvalue weighted by Gasteiger charge is 2.13. The molecule has 2 rings (SSSR count). The fourth-order valence-electron chi connectivity index (χ4n) is 1.38. The van der Waals surface area contributed by atoms with Crippen molar-refractivity contribution in [1.82, 2.24) is 0 Å². The molecule has 0 atom stereocenters. The summed E-state index contributed by atoms with van der Waals surface area (Å²) < 4.78 is 18.3. The Kier molecular flexibility index (Phi) is 3.18. The molecule has 1 aromatic heterocycles. The lowest BCUT2D eigenvalue weighted by molar-refractivity contribution is -0.387. The van der Waals surface area contributed by atoms with Crippen molar-refractivity contribution >= 4 is 17.6 Å². The molecule has 6 heteroatoms. The van der Waals surface area contributed by atoms with E-state index in [-0.39, 0.29) is 5.69 Å². The van der Waals surface area contributed by atoms with Crippen LogP contribution in [0.1, 0.15) is 11.5 Å². The normalized spacial score (nSPS) is 11.0. The Hall–Kier alpha value is -2.50. The zero-order chi connectivity index (χ0) is 13.1. The van der Waals surface area contributed by atoms with Crippen LogP contribution in [0.5, 0.6) is 0 Å². The smallest absolute Gasteiger partial charge is 0.306 e. The summed E-state index contributed by atoms with van der Waals surface area (Å²) in [6.07, 6.45) is 1.42. The van der Waals surface area contributed by atoms with Crippen LogP contribution >= 0.6 is 0 Å². The molecule has 18 heavy (non-hydrogen) atoms. The Bertz CT molecular complexity index is 620. The molecule has 0 unspecified atom stereocenters. The van der Waals surface area contributed by atoms with Crippen LogP contribution in [0.2, 0.25) is 0 Å². The second kappa shape index (κ2) is 4.79. The number of aryl methyl sites for hydroxylation is 1. The fraction of sp³-hybridized carbons (Fsp3) is 0.0833. The lowest BCUT2D eigenvalue weighted by Crippen LogP contribution is -1.91. The number of nitro benzene ring substituents is 1. The van der Waals surface area contributed by atoms with Gasteiger partial charge in [-0.2, -0.15) is 4.39 Å². The molecule has 1 aromatic carbocycles. The first-order chi connectivity index (χ1) is 8.56. The first kappa shape index (κ1) is 12.0. The molecule has 0 N–H and O–H groups in total. The Morgan fingerprint density at radius 3 is 2.78 bits per heavy atom. The molecule has 0 saturated carbocycles. The molecule has 0 saturated heterocycles. The van der Waals surface area contributed by atoms with Gasteiger partial charge in [-0.05, 0) is 31.2 Å². The molecule has 5 nitrogen and oxygen atoms in total. The fourth-order valence-corrected chi connectivity index (χ4v) is 1.38. The van der Waals surface area contributed by atoms with E-state index >= 15 is 0 Å². The molecular weight excluding hydrogens is 239 g/mol. The summed E-state index contributed by atoms with van der Waals surface area (Å²) in [4.78, 5) is 13.7. The van der Waals surface area contributed by atoms with Gasteiger partial charge in [-0.25, -0.2) is 0 Å². The topological polar surface area (TPSA) is 68.6 Å². The van der Waals surface area contributed by atoms with Gasteiger partial charge in [0.2, 0.25) is 5.82 Å². The van der Waals surface area contributed by atoms with Crippen LogP contribution in [-0.2, 0) is 0 Å². The number of hydrogen-bond acceptors (Lipinski definition) is 4. The van der Waals surface area contributed by atoms with Crippen molar-refractivity contribution in [2.75, 3.05) is 0 Å². The van der Waals surface area contributed by atoms with E-state index in [9.17, 15) is 14.5 Å². The zero-order valence-electron chi connectivity index (χ0n) is 9.46. The number of nitrogens with zero attached hydrogens (tertiary/aromatic N) is 2. The molecule has 1 heterocycles. The first-order valence-electron chi connectivity index (χ1n) is 5.11. The summed E-state index contributed by atoms with van der Waals surface area (Å²) in [5, 5.41) is 10.5. The number of halogens is 1. The molecule has 0 aliphatic heterocycles. The van der Waals surface area contributed by atoms with Gasteiger partial charge in [-0.15, -0.1) is 0 Å². The number of hydrogen-bond donors (Lipinski definition) is 0. The average molecular weight is 248 g/mol. The van der Waals surface area contributed by atoms with Crippen molar-refractivity contribution < 1.29 is 13.7 Å². The van der Waals surface area contributed by atoms with Crippen molar-refractivity contribution in [2.24, 2.45) is 4.99 Å². The zero-order valence-corrected chi connectivity index (χ0v) is 9.46. The lowest BCUT2D eigenvalue weighted by Gasteiger charge is -1.95. The van der Waals surface area contributed by atoms with E-state index in [4.69, 9.17) is 4.42 Å². The van der Waals surface area contributed by atoms with Crippen LogP contribution in [0.3, 0.4) is 0 Å². The van der Waals surface area contributed by atoms with Crippen LogP contribution in [0.25, 0.3) is 0 Å². The number of nitro groups is 1. The summed E-state index contributed by atoms with van der Waals surface area (Å²) in [5.74, 6) is 0.383. The SMILES string of the molecule is Cc1ccc(C=Nc2ccc(F)c([N+](=O)[O-])c2)o1. The van der Waals surface area contributed by atoms with Gasteiger partial charge in [0.1, 0.15) is 11.5 Å². The second-order valence-electron chi connectivity index (χ2n) is 3.60. The van der Waals surface area contributed by atoms with E-state index in [2.05, 4.69) is 4.99 Å². The maximum absolute atomic E-state index is 13.1. The van der Waals surface area contributed by atoms with Crippen LogP contribution in [0.15, 0.2) is 39.7 Å². The van der Waals surface area contributed by atoms with Crippen molar-refractivity contribution in [3.63, 3.8) is 0 Å². The summed E-state index contributed by atoms with van der Waals surface area (Å²) in [5.41, 5.74) is -0.308. The third-order valence-electron chi connectivity index (χ3n) is 2.23. The molecule has 0 bridgehead atoms. The predicted molar refractivity (Wildman–Crippen MR) is 63.8 cm³/mol. The predicted octanol–water partition coefficient (Wildman–Crippen LogP) is 3.39. The number of aliphatic imine (C=N–C) groups is 1. The molecule has 0 fully saturated rings. The highest BCUT2D eigenvalue weighted by atomic mass is 19.1. The number of benzene rings is 1. The summed E-state index contributed by atoms with van der Waals surface area (Å²) in [6, 6.07) is 6.93. The monoisotopic (exact) mass is 248 g/mol. The minimum absolute atomic E-state index is 0.289. The Morgan fingerprint density at radius 1 is 1.39 bits per heavy atom. The van der Waals surface area contributed by atoms with Gasteiger partial charge in [0.25, 0.3) is 0 Å². The minimum atomic E-state index is -0.882. The number of furan rings is 1. The molecule has 0 spiro atoms. The first-order valence-corrected chi connectivity index (χ1v) is 5.11. The second-order valence-corrected chi connectivity index (χ2v) is 3.60. The molecular formula is C12H9FN2O3. The lowest BCUT2D eigenvalue weighted by atomic mass is 10.3. The molecule has 92 valence electrons. The maximum atomic E-state index is 13.1. The van der Waals surface area contributed by atoms with Gasteiger partial charge in [0, 0.05) is 6.07 Å². The Morgan fingerprint density at radius 2 is 2.17 bits per heavy atom. The van der Waals surface area contributed by atoms with Gasteiger partial charge in [0.15, 0.2) is 0 Å². The molecule has 0 radical (unpaired) electrons. The van der Waals surface area contributed by atoms with Crippen molar-refractivity contribution in [2.45, 2.75) is 6.92 Å². The van der Waals surface area contributed by atoms with Crippen LogP contribution in [0.4, 0.5) is 15.8 Å². The van der Waals surface area contributed by atoms with E-state index in [1.165, 1.54) is 12.3 Å². The minimum Gasteiger partial charge on any atom is -0.460 e. The third kappa shape index (κ3) is 2.60. The summed E-state index contributed by atoms with van der Waals surface area (Å²) in [6.45, 7) is 1.79. The van der Waals surface area contributed by atoms with Crippen LogP contribution in [0, 0.1) is 22.9 Å². The quantitative estimate of drug-likeness (QED) is 0.475. The third-order valence-corrected chi connectivity index (χ3v) is 2.23. The van der Waals surface area contributed by atoms with Crippen molar-refractivity contribution in [3.8, 4) is 0 Å². The van der Waals surface area contributed by atoms with Gasteiger partial charge >= 0.3 is 5.69 Å². The van der Waals surface area contributed by atoms with Gasteiger partial charge < -0.3 is 4.42 Å². The van der Waals surface area contributed by atoms with E-state index in [1.54, 1.807) is 19.1 Å². The number of rotatable bonds is 3. The molecule has 2 aromatic rings. The van der Waals surface area contributed by atoms with Crippen molar-refractivity contribution in [3.05, 3.63) is 57.8 Å². The Balaban J connectivity index is 2.27. The van der Waals surface area contributed by atoms with Crippen LogP contribution < -0.4 is 0 Å². The maximum Gasteiger partial charge on any atom is 0.306 e. The average Bonchev–Trinajstić information content (AvgIpc) is 2.74.